The number of benzene rings is 1. The first-order chi connectivity index (χ1) is 9.40. The number of hydrogen-bond acceptors (Lipinski definition) is 4. The van der Waals surface area contributed by atoms with Gasteiger partial charge in [-0.1, -0.05) is 23.7 Å². The van der Waals surface area contributed by atoms with Gasteiger partial charge in [0.05, 0.1) is 11.5 Å². The van der Waals surface area contributed by atoms with Crippen LogP contribution >= 0.6 is 23.2 Å². The Morgan fingerprint density at radius 3 is 2.45 bits per heavy atom. The van der Waals surface area contributed by atoms with Crippen molar-refractivity contribution in [3.8, 4) is 0 Å². The van der Waals surface area contributed by atoms with Crippen molar-refractivity contribution >= 4 is 34.1 Å². The van der Waals surface area contributed by atoms with Gasteiger partial charge in [-0.15, -0.1) is 0 Å². The second-order valence-corrected chi connectivity index (χ2v) is 4.88. The van der Waals surface area contributed by atoms with E-state index in [0.29, 0.717) is 5.02 Å². The van der Waals surface area contributed by atoms with Crippen LogP contribution in [0.25, 0.3) is 0 Å². The van der Waals surface area contributed by atoms with Crippen LogP contribution in [0.3, 0.4) is 0 Å². The molecule has 1 aromatic carbocycles. The van der Waals surface area contributed by atoms with Gasteiger partial charge in [-0.2, -0.15) is 5.10 Å². The number of hydrogen-bond donors (Lipinski definition) is 0. The lowest BCUT2D eigenvalue weighted by Crippen LogP contribution is -2.04. The van der Waals surface area contributed by atoms with E-state index < -0.39 is 10.2 Å². The van der Waals surface area contributed by atoms with Gasteiger partial charge in [-0.05, 0) is 36.2 Å². The Kier molecular flexibility index (Phi) is 4.06. The second-order valence-electron chi connectivity index (χ2n) is 4.10. The maximum absolute atomic E-state index is 11.2. The maximum Gasteiger partial charge on any atom is 0.322 e. The van der Waals surface area contributed by atoms with Crippen molar-refractivity contribution < 1.29 is 9.72 Å². The predicted octanol–water partition coefficient (Wildman–Crippen LogP) is 3.18. The molecule has 0 aliphatic rings. The van der Waals surface area contributed by atoms with Crippen LogP contribution in [0.15, 0.2) is 24.3 Å². The minimum Gasteiger partial charge on any atom is -0.273 e. The fourth-order valence-electron chi connectivity index (χ4n) is 1.80. The van der Waals surface area contributed by atoms with E-state index in [9.17, 15) is 14.9 Å². The Morgan fingerprint density at radius 2 is 2.00 bits per heavy atom. The molecule has 0 aliphatic heterocycles. The Bertz CT molecular complexity index is 680. The Balaban J connectivity index is 2.42. The first-order valence-electron chi connectivity index (χ1n) is 5.56. The van der Waals surface area contributed by atoms with Crippen molar-refractivity contribution in [1.82, 2.24) is 9.78 Å². The highest BCUT2D eigenvalue weighted by Crippen LogP contribution is 2.25. The lowest BCUT2D eigenvalue weighted by molar-refractivity contribution is -0.385. The van der Waals surface area contributed by atoms with Crippen molar-refractivity contribution in [2.45, 2.75) is 13.5 Å². The van der Waals surface area contributed by atoms with E-state index in [1.165, 1.54) is 11.6 Å². The fraction of sp³-hybridized carbons (Fsp3) is 0.167. The minimum absolute atomic E-state index is 0.272. The zero-order chi connectivity index (χ0) is 14.9. The van der Waals surface area contributed by atoms with Gasteiger partial charge in [0.25, 0.3) is 5.24 Å². The van der Waals surface area contributed by atoms with Gasteiger partial charge in [0.2, 0.25) is 5.69 Å². The minimum atomic E-state index is -0.949. The van der Waals surface area contributed by atoms with Gasteiger partial charge in [0.1, 0.15) is 5.69 Å². The topological polar surface area (TPSA) is 78.0 Å². The Morgan fingerprint density at radius 1 is 1.40 bits per heavy atom. The van der Waals surface area contributed by atoms with E-state index in [1.807, 2.05) is 0 Å². The van der Waals surface area contributed by atoms with Crippen molar-refractivity contribution in [3.05, 3.63) is 56.4 Å². The predicted molar refractivity (Wildman–Crippen MR) is 74.4 cm³/mol. The largest absolute Gasteiger partial charge is 0.322 e. The van der Waals surface area contributed by atoms with Crippen LogP contribution in [0.2, 0.25) is 5.02 Å². The summed E-state index contributed by atoms with van der Waals surface area (Å²) in [4.78, 5) is 21.5. The van der Waals surface area contributed by atoms with E-state index in [-0.39, 0.29) is 23.6 Å². The number of aromatic nitrogens is 2. The molecular formula is C12H9Cl2N3O3. The standard InChI is InChI=1S/C12H9Cl2N3O3/c1-7-11(17(19)20)10(12(14)18)15-16(7)6-8-2-4-9(13)5-3-8/h2-5H,6H2,1H3. The molecule has 0 atom stereocenters. The summed E-state index contributed by atoms with van der Waals surface area (Å²) in [7, 11) is 0. The van der Waals surface area contributed by atoms with Gasteiger partial charge >= 0.3 is 5.69 Å². The van der Waals surface area contributed by atoms with Gasteiger partial charge in [-0.25, -0.2) is 0 Å². The molecule has 2 rings (SSSR count). The molecule has 0 aliphatic carbocycles. The third-order valence-corrected chi connectivity index (χ3v) is 3.22. The molecule has 6 nitrogen and oxygen atoms in total. The SMILES string of the molecule is Cc1c([N+](=O)[O-])c(C(=O)Cl)nn1Cc1ccc(Cl)cc1. The second kappa shape index (κ2) is 5.60. The van der Waals surface area contributed by atoms with Crippen LogP contribution in [0.1, 0.15) is 21.7 Å². The quantitative estimate of drug-likeness (QED) is 0.493. The van der Waals surface area contributed by atoms with E-state index >= 15 is 0 Å². The molecule has 20 heavy (non-hydrogen) atoms. The van der Waals surface area contributed by atoms with E-state index in [0.717, 1.165) is 5.56 Å². The first-order valence-corrected chi connectivity index (χ1v) is 6.32. The summed E-state index contributed by atoms with van der Waals surface area (Å²) < 4.78 is 1.37. The molecule has 0 fully saturated rings. The fourth-order valence-corrected chi connectivity index (χ4v) is 2.06. The molecule has 1 aromatic heterocycles. The number of carbonyl (C=O) groups is 1. The van der Waals surface area contributed by atoms with Gasteiger partial charge in [0.15, 0.2) is 0 Å². The van der Waals surface area contributed by atoms with E-state index in [2.05, 4.69) is 5.10 Å². The molecule has 1 heterocycles. The molecule has 2 aromatic rings. The summed E-state index contributed by atoms with van der Waals surface area (Å²) >= 11 is 11.1. The molecule has 104 valence electrons. The molecule has 0 N–H and O–H groups in total. The van der Waals surface area contributed by atoms with Crippen molar-refractivity contribution in [3.63, 3.8) is 0 Å². The third-order valence-electron chi connectivity index (χ3n) is 2.79. The van der Waals surface area contributed by atoms with Gasteiger partial charge in [0, 0.05) is 5.02 Å². The van der Waals surface area contributed by atoms with Gasteiger partial charge in [-0.3, -0.25) is 19.6 Å². The van der Waals surface area contributed by atoms with Crippen LogP contribution in [0, 0.1) is 17.0 Å². The highest BCUT2D eigenvalue weighted by Gasteiger charge is 2.28. The zero-order valence-electron chi connectivity index (χ0n) is 10.3. The summed E-state index contributed by atoms with van der Waals surface area (Å²) in [5, 5.41) is 14.5. The molecule has 0 unspecified atom stereocenters. The Labute approximate surface area is 124 Å². The monoisotopic (exact) mass is 313 g/mol. The number of rotatable bonds is 4. The van der Waals surface area contributed by atoms with Gasteiger partial charge < -0.3 is 0 Å². The summed E-state index contributed by atoms with van der Waals surface area (Å²) in [6.45, 7) is 1.80. The first kappa shape index (κ1) is 14.5. The summed E-state index contributed by atoms with van der Waals surface area (Å²) in [6.07, 6.45) is 0. The molecule has 8 heteroatoms. The summed E-state index contributed by atoms with van der Waals surface area (Å²) in [5.41, 5.74) is 0.416. The zero-order valence-corrected chi connectivity index (χ0v) is 11.9. The van der Waals surface area contributed by atoms with Crippen LogP contribution in [0.5, 0.6) is 0 Å². The normalized spacial score (nSPS) is 10.6. The van der Waals surface area contributed by atoms with Crippen LogP contribution in [0.4, 0.5) is 5.69 Å². The molecule has 0 spiro atoms. The van der Waals surface area contributed by atoms with E-state index in [4.69, 9.17) is 23.2 Å². The van der Waals surface area contributed by atoms with Crippen LogP contribution < -0.4 is 0 Å². The molecular weight excluding hydrogens is 305 g/mol. The molecule has 0 saturated carbocycles. The summed E-state index contributed by atoms with van der Waals surface area (Å²) in [6, 6.07) is 6.96. The highest BCUT2D eigenvalue weighted by atomic mass is 35.5. The Hall–Kier alpha value is -1.92. The average Bonchev–Trinajstić information content (AvgIpc) is 2.70. The average molecular weight is 314 g/mol. The smallest absolute Gasteiger partial charge is 0.273 e. The van der Waals surface area contributed by atoms with Crippen molar-refractivity contribution in [2.75, 3.05) is 0 Å². The van der Waals surface area contributed by atoms with E-state index in [1.54, 1.807) is 24.3 Å². The van der Waals surface area contributed by atoms with Crippen LogP contribution in [-0.4, -0.2) is 19.9 Å². The number of nitro groups is 1. The van der Waals surface area contributed by atoms with Crippen molar-refractivity contribution in [1.29, 1.82) is 0 Å². The summed E-state index contributed by atoms with van der Waals surface area (Å²) in [5.74, 6) is 0. The maximum atomic E-state index is 11.2. The molecule has 0 saturated heterocycles. The lowest BCUT2D eigenvalue weighted by atomic mass is 10.2. The number of halogens is 2. The molecule has 0 amide bonds. The van der Waals surface area contributed by atoms with Crippen LogP contribution in [-0.2, 0) is 6.54 Å². The number of carbonyl (C=O) groups excluding carboxylic acids is 1. The lowest BCUT2D eigenvalue weighted by Gasteiger charge is -2.03. The molecule has 0 bridgehead atoms. The number of nitrogens with zero attached hydrogens (tertiary/aromatic N) is 3. The molecule has 0 radical (unpaired) electrons. The highest BCUT2D eigenvalue weighted by molar-refractivity contribution is 6.67. The third kappa shape index (κ3) is 2.81. The van der Waals surface area contributed by atoms with Crippen molar-refractivity contribution in [2.24, 2.45) is 0 Å².